The van der Waals surface area contributed by atoms with E-state index >= 15 is 0 Å². The van der Waals surface area contributed by atoms with Crippen molar-refractivity contribution in [3.05, 3.63) is 42.0 Å². The van der Waals surface area contributed by atoms with Crippen LogP contribution in [0.5, 0.6) is 0 Å². The van der Waals surface area contributed by atoms with Crippen LogP contribution >= 0.6 is 0 Å². The number of piperidine rings is 2. The first-order valence-corrected chi connectivity index (χ1v) is 9.45. The summed E-state index contributed by atoms with van der Waals surface area (Å²) in [6.07, 6.45) is 7.79. The zero-order valence-corrected chi connectivity index (χ0v) is 15.4. The molecule has 2 aliphatic rings. The van der Waals surface area contributed by atoms with Crippen LogP contribution in [-0.4, -0.2) is 59.0 Å². The van der Waals surface area contributed by atoms with Gasteiger partial charge in [-0.2, -0.15) is 0 Å². The second-order valence-corrected chi connectivity index (χ2v) is 7.65. The maximum atomic E-state index is 12.1. The summed E-state index contributed by atoms with van der Waals surface area (Å²) in [7, 11) is 0. The first kappa shape index (κ1) is 18.6. The molecule has 1 aromatic carbocycles. The second-order valence-electron chi connectivity index (χ2n) is 7.65. The molecule has 140 valence electrons. The minimum absolute atomic E-state index is 0.0150. The van der Waals surface area contributed by atoms with Gasteiger partial charge in [0.15, 0.2) is 0 Å². The number of carbonyl (C=O) groups is 2. The van der Waals surface area contributed by atoms with Crippen LogP contribution in [0.3, 0.4) is 0 Å². The molecule has 2 aliphatic heterocycles. The highest BCUT2D eigenvalue weighted by molar-refractivity contribution is 5.84. The summed E-state index contributed by atoms with van der Waals surface area (Å²) >= 11 is 0. The molecule has 5 nitrogen and oxygen atoms in total. The summed E-state index contributed by atoms with van der Waals surface area (Å²) in [5, 5.41) is 9.26. The summed E-state index contributed by atoms with van der Waals surface area (Å²) in [5.41, 5.74) is 1.31. The highest BCUT2D eigenvalue weighted by atomic mass is 16.4. The Labute approximate surface area is 155 Å². The number of carboxylic acid groups (broad SMARTS) is 1. The van der Waals surface area contributed by atoms with E-state index in [9.17, 15) is 14.7 Å². The van der Waals surface area contributed by atoms with Gasteiger partial charge in [-0.1, -0.05) is 42.5 Å². The Bertz CT molecular complexity index is 663. The maximum absolute atomic E-state index is 12.1. The van der Waals surface area contributed by atoms with Crippen LogP contribution in [0.4, 0.5) is 0 Å². The van der Waals surface area contributed by atoms with E-state index in [1.807, 2.05) is 18.2 Å². The van der Waals surface area contributed by atoms with Gasteiger partial charge in [0, 0.05) is 19.5 Å². The van der Waals surface area contributed by atoms with Crippen molar-refractivity contribution in [1.82, 2.24) is 9.80 Å². The summed E-state index contributed by atoms with van der Waals surface area (Å²) in [6.45, 7) is 5.14. The molecule has 0 aromatic heterocycles. The molecule has 5 heteroatoms. The fourth-order valence-electron chi connectivity index (χ4n) is 4.05. The predicted molar refractivity (Wildman–Crippen MR) is 102 cm³/mol. The molecule has 0 radical (unpaired) electrons. The van der Waals surface area contributed by atoms with E-state index in [1.54, 1.807) is 11.8 Å². The molecule has 0 bridgehead atoms. The number of carboxylic acids is 1. The van der Waals surface area contributed by atoms with Gasteiger partial charge in [0.25, 0.3) is 0 Å². The largest absolute Gasteiger partial charge is 0.480 e. The Hall–Kier alpha value is -2.14. The standard InChI is InChI=1S/C21H28N2O3/c1-17(20(25)26)23-16-21(10-9-19(23)24)11-14-22(15-12-21)13-5-8-18-6-3-2-4-7-18/h2-8,17H,9-16H2,1H3,(H,25,26)/b8-5+/t17-/m0/s1. The van der Waals surface area contributed by atoms with Crippen LogP contribution in [0.15, 0.2) is 36.4 Å². The number of nitrogens with zero attached hydrogens (tertiary/aromatic N) is 2. The van der Waals surface area contributed by atoms with Crippen molar-refractivity contribution < 1.29 is 14.7 Å². The van der Waals surface area contributed by atoms with Crippen molar-refractivity contribution in [2.45, 2.75) is 38.6 Å². The molecule has 1 amide bonds. The molecule has 2 heterocycles. The number of aliphatic carboxylic acids is 1. The van der Waals surface area contributed by atoms with Crippen LogP contribution in [0.25, 0.3) is 6.08 Å². The van der Waals surface area contributed by atoms with Gasteiger partial charge in [-0.3, -0.25) is 9.69 Å². The van der Waals surface area contributed by atoms with Crippen LogP contribution in [-0.2, 0) is 9.59 Å². The Morgan fingerprint density at radius 3 is 2.58 bits per heavy atom. The molecular formula is C21H28N2O3. The minimum Gasteiger partial charge on any atom is -0.480 e. The quantitative estimate of drug-likeness (QED) is 0.881. The normalized spacial score (nSPS) is 22.0. The molecule has 1 atom stereocenters. The van der Waals surface area contributed by atoms with Crippen LogP contribution in [0, 0.1) is 5.41 Å². The van der Waals surface area contributed by atoms with Gasteiger partial charge in [-0.05, 0) is 50.3 Å². The van der Waals surface area contributed by atoms with E-state index in [4.69, 9.17) is 0 Å². The van der Waals surface area contributed by atoms with E-state index in [0.29, 0.717) is 13.0 Å². The zero-order chi connectivity index (χ0) is 18.6. The van der Waals surface area contributed by atoms with Crippen molar-refractivity contribution in [2.75, 3.05) is 26.2 Å². The topological polar surface area (TPSA) is 60.9 Å². The highest BCUT2D eigenvalue weighted by Gasteiger charge is 2.43. The molecule has 0 saturated carbocycles. The first-order valence-electron chi connectivity index (χ1n) is 9.45. The van der Waals surface area contributed by atoms with Crippen molar-refractivity contribution in [3.63, 3.8) is 0 Å². The second kappa shape index (κ2) is 8.04. The SMILES string of the molecule is C[C@@H](C(=O)O)N1CC2(CCC1=O)CCN(C/C=C/c1ccccc1)CC2. The van der Waals surface area contributed by atoms with E-state index in [-0.39, 0.29) is 11.3 Å². The lowest BCUT2D eigenvalue weighted by Gasteiger charge is -2.48. The van der Waals surface area contributed by atoms with Crippen LogP contribution < -0.4 is 0 Å². The number of likely N-dealkylation sites (tertiary alicyclic amines) is 2. The highest BCUT2D eigenvalue weighted by Crippen LogP contribution is 2.40. The van der Waals surface area contributed by atoms with E-state index in [2.05, 4.69) is 29.2 Å². The third-order valence-electron chi connectivity index (χ3n) is 5.91. The number of hydrogen-bond acceptors (Lipinski definition) is 3. The number of carbonyl (C=O) groups excluding carboxylic acids is 1. The van der Waals surface area contributed by atoms with Gasteiger partial charge in [0.2, 0.25) is 5.91 Å². The first-order chi connectivity index (χ1) is 12.5. The number of rotatable bonds is 5. The lowest BCUT2D eigenvalue weighted by molar-refractivity contribution is -0.154. The van der Waals surface area contributed by atoms with Crippen LogP contribution in [0.1, 0.15) is 38.2 Å². The molecule has 1 aromatic rings. The van der Waals surface area contributed by atoms with Gasteiger partial charge in [0.1, 0.15) is 6.04 Å². The van der Waals surface area contributed by atoms with Gasteiger partial charge in [-0.15, -0.1) is 0 Å². The van der Waals surface area contributed by atoms with Crippen LogP contribution in [0.2, 0.25) is 0 Å². The lowest BCUT2D eigenvalue weighted by atomic mass is 9.72. The number of benzene rings is 1. The summed E-state index contributed by atoms with van der Waals surface area (Å²) in [5.74, 6) is -0.933. The Balaban J connectivity index is 1.53. The van der Waals surface area contributed by atoms with Gasteiger partial charge in [-0.25, -0.2) is 4.79 Å². The molecule has 2 saturated heterocycles. The lowest BCUT2D eigenvalue weighted by Crippen LogP contribution is -2.55. The average molecular weight is 356 g/mol. The number of amides is 1. The fourth-order valence-corrected chi connectivity index (χ4v) is 4.05. The van der Waals surface area contributed by atoms with Crippen molar-refractivity contribution in [3.8, 4) is 0 Å². The third kappa shape index (κ3) is 4.33. The predicted octanol–water partition coefficient (Wildman–Crippen LogP) is 2.88. The monoisotopic (exact) mass is 356 g/mol. The van der Waals surface area contributed by atoms with Gasteiger partial charge in [0.05, 0.1) is 0 Å². The molecule has 0 aliphatic carbocycles. The zero-order valence-electron chi connectivity index (χ0n) is 15.4. The Morgan fingerprint density at radius 2 is 1.92 bits per heavy atom. The van der Waals surface area contributed by atoms with E-state index < -0.39 is 12.0 Å². The van der Waals surface area contributed by atoms with Gasteiger partial charge < -0.3 is 10.0 Å². The Morgan fingerprint density at radius 1 is 1.23 bits per heavy atom. The van der Waals surface area contributed by atoms with Crippen molar-refractivity contribution in [1.29, 1.82) is 0 Å². The molecule has 3 rings (SSSR count). The van der Waals surface area contributed by atoms with E-state index in [1.165, 1.54) is 5.56 Å². The van der Waals surface area contributed by atoms with Crippen molar-refractivity contribution >= 4 is 18.0 Å². The summed E-state index contributed by atoms with van der Waals surface area (Å²) in [6, 6.07) is 9.56. The fraction of sp³-hybridized carbons (Fsp3) is 0.524. The molecule has 1 spiro atoms. The Kier molecular flexibility index (Phi) is 5.77. The summed E-state index contributed by atoms with van der Waals surface area (Å²) in [4.78, 5) is 27.5. The van der Waals surface area contributed by atoms with E-state index in [0.717, 1.165) is 38.9 Å². The third-order valence-corrected chi connectivity index (χ3v) is 5.91. The minimum atomic E-state index is -0.918. The molecule has 2 fully saturated rings. The number of hydrogen-bond donors (Lipinski definition) is 1. The smallest absolute Gasteiger partial charge is 0.326 e. The molecule has 0 unspecified atom stereocenters. The van der Waals surface area contributed by atoms with Gasteiger partial charge >= 0.3 is 5.97 Å². The maximum Gasteiger partial charge on any atom is 0.326 e. The molecule has 26 heavy (non-hydrogen) atoms. The molecular weight excluding hydrogens is 328 g/mol. The van der Waals surface area contributed by atoms with Crippen molar-refractivity contribution in [2.24, 2.45) is 5.41 Å². The molecule has 1 N–H and O–H groups in total. The summed E-state index contributed by atoms with van der Waals surface area (Å²) < 4.78 is 0. The average Bonchev–Trinajstić information content (AvgIpc) is 2.66.